The Kier molecular flexibility index (Phi) is 3.27. The first-order chi connectivity index (χ1) is 7.66. The van der Waals surface area contributed by atoms with Gasteiger partial charge in [-0.3, -0.25) is 0 Å². The van der Waals surface area contributed by atoms with E-state index in [1.165, 1.54) is 0 Å². The predicted molar refractivity (Wildman–Crippen MR) is 61.8 cm³/mol. The van der Waals surface area contributed by atoms with Gasteiger partial charge in [0.15, 0.2) is 0 Å². The van der Waals surface area contributed by atoms with E-state index in [0.29, 0.717) is 18.7 Å². The van der Waals surface area contributed by atoms with Crippen LogP contribution in [0.5, 0.6) is 0 Å². The van der Waals surface area contributed by atoms with Crippen molar-refractivity contribution >= 4 is 11.4 Å². The normalized spacial score (nSPS) is 21.4. The first-order valence-electron chi connectivity index (χ1n) is 5.55. The fourth-order valence-corrected chi connectivity index (χ4v) is 2.14. The smallest absolute Gasteiger partial charge is 0.243 e. The number of anilines is 2. The van der Waals surface area contributed by atoms with Gasteiger partial charge in [0.05, 0.1) is 0 Å². The van der Waals surface area contributed by atoms with E-state index >= 15 is 0 Å². The number of alkyl halides is 2. The molecule has 0 radical (unpaired) electrons. The summed E-state index contributed by atoms with van der Waals surface area (Å²) in [5.74, 6) is -0.494. The molecular weight excluding hydrogens is 210 g/mol. The molecule has 0 bridgehead atoms. The van der Waals surface area contributed by atoms with Crippen LogP contribution in [0.4, 0.5) is 20.2 Å². The molecule has 1 aliphatic heterocycles. The lowest BCUT2D eigenvalue weighted by molar-refractivity contribution is 0.0687. The van der Waals surface area contributed by atoms with Crippen LogP contribution in [0, 0.1) is 5.92 Å². The molecule has 1 saturated heterocycles. The molecule has 1 aliphatic rings. The van der Waals surface area contributed by atoms with Crippen LogP contribution in [-0.2, 0) is 0 Å². The summed E-state index contributed by atoms with van der Waals surface area (Å²) in [6.07, 6.45) is -0.751. The predicted octanol–water partition coefficient (Wildman–Crippen LogP) is 2.75. The van der Waals surface area contributed by atoms with Crippen LogP contribution in [0.25, 0.3) is 0 Å². The van der Waals surface area contributed by atoms with E-state index in [2.05, 4.69) is 0 Å². The molecule has 88 valence electrons. The molecule has 2 rings (SSSR count). The number of hydrogen-bond donors (Lipinski definition) is 1. The molecule has 1 aromatic rings. The number of hydrogen-bond acceptors (Lipinski definition) is 2. The van der Waals surface area contributed by atoms with Crippen molar-refractivity contribution in [2.75, 3.05) is 23.7 Å². The Morgan fingerprint density at radius 1 is 1.25 bits per heavy atom. The van der Waals surface area contributed by atoms with Gasteiger partial charge in [-0.25, -0.2) is 8.78 Å². The molecule has 2 nitrogen and oxygen atoms in total. The average Bonchev–Trinajstić information content (AvgIpc) is 2.30. The van der Waals surface area contributed by atoms with Gasteiger partial charge in [0.25, 0.3) is 0 Å². The lowest BCUT2D eigenvalue weighted by atomic mass is 9.98. The van der Waals surface area contributed by atoms with Crippen LogP contribution in [0.15, 0.2) is 24.3 Å². The fourth-order valence-electron chi connectivity index (χ4n) is 2.14. The van der Waals surface area contributed by atoms with E-state index in [9.17, 15) is 8.78 Å². The van der Waals surface area contributed by atoms with E-state index in [-0.39, 0.29) is 0 Å². The molecule has 2 N–H and O–H groups in total. The van der Waals surface area contributed by atoms with E-state index in [0.717, 1.165) is 18.7 Å². The summed E-state index contributed by atoms with van der Waals surface area (Å²) in [7, 11) is 0. The Balaban J connectivity index is 2.06. The summed E-state index contributed by atoms with van der Waals surface area (Å²) in [5.41, 5.74) is 7.28. The molecule has 0 aliphatic carbocycles. The van der Waals surface area contributed by atoms with E-state index < -0.39 is 12.3 Å². The van der Waals surface area contributed by atoms with Crippen molar-refractivity contribution in [2.45, 2.75) is 19.3 Å². The summed E-state index contributed by atoms with van der Waals surface area (Å²) < 4.78 is 25.3. The van der Waals surface area contributed by atoms with Crippen LogP contribution >= 0.6 is 0 Å². The van der Waals surface area contributed by atoms with Gasteiger partial charge in [-0.1, -0.05) is 0 Å². The summed E-state index contributed by atoms with van der Waals surface area (Å²) in [5, 5.41) is 0. The molecule has 4 heteroatoms. The summed E-state index contributed by atoms with van der Waals surface area (Å²) in [4.78, 5) is 2.01. The Hall–Kier alpha value is -1.32. The summed E-state index contributed by atoms with van der Waals surface area (Å²) in [6.45, 7) is 1.30. The van der Waals surface area contributed by atoms with E-state index in [4.69, 9.17) is 5.73 Å². The van der Waals surface area contributed by atoms with Crippen molar-refractivity contribution in [3.05, 3.63) is 24.3 Å². The molecule has 1 aromatic carbocycles. The zero-order valence-electron chi connectivity index (χ0n) is 9.07. The maximum Gasteiger partial charge on any atom is 0.243 e. The van der Waals surface area contributed by atoms with Crippen LogP contribution in [0.2, 0.25) is 0 Å². The third-order valence-corrected chi connectivity index (χ3v) is 3.07. The highest BCUT2D eigenvalue weighted by Gasteiger charge is 2.26. The van der Waals surface area contributed by atoms with Crippen molar-refractivity contribution in [2.24, 2.45) is 5.92 Å². The minimum Gasteiger partial charge on any atom is -0.399 e. The molecule has 1 heterocycles. The van der Waals surface area contributed by atoms with Gasteiger partial charge < -0.3 is 10.6 Å². The minimum atomic E-state index is -2.21. The first kappa shape index (κ1) is 11.2. The molecule has 0 spiro atoms. The van der Waals surface area contributed by atoms with Crippen molar-refractivity contribution in [3.63, 3.8) is 0 Å². The molecule has 0 saturated carbocycles. The van der Waals surface area contributed by atoms with E-state index in [1.54, 1.807) is 12.1 Å². The topological polar surface area (TPSA) is 29.3 Å². The Labute approximate surface area is 94.0 Å². The number of nitrogens with zero attached hydrogens (tertiary/aromatic N) is 1. The monoisotopic (exact) mass is 226 g/mol. The maximum absolute atomic E-state index is 12.6. The maximum atomic E-state index is 12.6. The van der Waals surface area contributed by atoms with Gasteiger partial charge in [0.2, 0.25) is 6.43 Å². The second-order valence-corrected chi connectivity index (χ2v) is 4.27. The Bertz CT molecular complexity index is 337. The zero-order valence-corrected chi connectivity index (χ0v) is 9.07. The molecule has 1 atom stereocenters. The van der Waals surface area contributed by atoms with Gasteiger partial charge in [-0.2, -0.15) is 0 Å². The van der Waals surface area contributed by atoms with Crippen LogP contribution < -0.4 is 10.6 Å². The average molecular weight is 226 g/mol. The van der Waals surface area contributed by atoms with Crippen molar-refractivity contribution < 1.29 is 8.78 Å². The highest BCUT2D eigenvalue weighted by molar-refractivity contribution is 5.53. The second kappa shape index (κ2) is 4.68. The summed E-state index contributed by atoms with van der Waals surface area (Å²) >= 11 is 0. The van der Waals surface area contributed by atoms with Crippen molar-refractivity contribution in [3.8, 4) is 0 Å². The Morgan fingerprint density at radius 2 is 1.94 bits per heavy atom. The standard InChI is InChI=1S/C12H16F2N2/c13-12(14)9-2-1-7-16(8-9)11-5-3-10(15)4-6-11/h3-6,9,12H,1-2,7-8,15H2/t9-/m0/s1. The highest BCUT2D eigenvalue weighted by Crippen LogP contribution is 2.27. The van der Waals surface area contributed by atoms with Crippen LogP contribution in [0.1, 0.15) is 12.8 Å². The van der Waals surface area contributed by atoms with Gasteiger partial charge in [-0.05, 0) is 37.1 Å². The quantitative estimate of drug-likeness (QED) is 0.786. The highest BCUT2D eigenvalue weighted by atomic mass is 19.3. The number of nitrogens with two attached hydrogens (primary N) is 1. The Morgan fingerprint density at radius 3 is 2.56 bits per heavy atom. The van der Waals surface area contributed by atoms with Crippen molar-refractivity contribution in [1.29, 1.82) is 0 Å². The zero-order chi connectivity index (χ0) is 11.5. The number of rotatable bonds is 2. The first-order valence-corrected chi connectivity index (χ1v) is 5.55. The number of piperidine rings is 1. The van der Waals surface area contributed by atoms with Gasteiger partial charge in [-0.15, -0.1) is 0 Å². The second-order valence-electron chi connectivity index (χ2n) is 4.27. The lowest BCUT2D eigenvalue weighted by Crippen LogP contribution is -2.38. The minimum absolute atomic E-state index is 0.446. The third-order valence-electron chi connectivity index (χ3n) is 3.07. The van der Waals surface area contributed by atoms with Gasteiger partial charge >= 0.3 is 0 Å². The van der Waals surface area contributed by atoms with Crippen molar-refractivity contribution in [1.82, 2.24) is 0 Å². The molecular formula is C12H16F2N2. The molecule has 1 fully saturated rings. The number of benzene rings is 1. The number of halogens is 2. The fraction of sp³-hybridized carbons (Fsp3) is 0.500. The third kappa shape index (κ3) is 2.43. The molecule has 16 heavy (non-hydrogen) atoms. The SMILES string of the molecule is Nc1ccc(N2CCC[C@H](C(F)F)C2)cc1. The summed E-state index contributed by atoms with van der Waals surface area (Å²) in [6, 6.07) is 7.40. The number of nitrogen functional groups attached to an aromatic ring is 1. The van der Waals surface area contributed by atoms with Crippen LogP contribution in [-0.4, -0.2) is 19.5 Å². The molecule has 0 amide bonds. The van der Waals surface area contributed by atoms with Crippen LogP contribution in [0.3, 0.4) is 0 Å². The largest absolute Gasteiger partial charge is 0.399 e. The van der Waals surface area contributed by atoms with Gasteiger partial charge in [0, 0.05) is 30.4 Å². The van der Waals surface area contributed by atoms with E-state index in [1.807, 2.05) is 17.0 Å². The molecule has 0 unspecified atom stereocenters. The molecule has 0 aromatic heterocycles. The lowest BCUT2D eigenvalue weighted by Gasteiger charge is -2.34. The van der Waals surface area contributed by atoms with Gasteiger partial charge in [0.1, 0.15) is 0 Å².